The first kappa shape index (κ1) is 18.1. The van der Waals surface area contributed by atoms with E-state index in [1.54, 1.807) is 0 Å². The maximum Gasteiger partial charge on any atom is 0.409 e. The molecule has 1 aliphatic rings. The number of nitrogens with zero attached hydrogens (tertiary/aromatic N) is 2. The SMILES string of the molecule is CC1(C)Oc2cc([N+](=O)[O-])c(NC(=O)O)cc2N(c2ccc(F)cc2)C1=O. The van der Waals surface area contributed by atoms with Crippen LogP contribution in [0, 0.1) is 15.9 Å². The zero-order valence-corrected chi connectivity index (χ0v) is 14.2. The monoisotopic (exact) mass is 375 g/mol. The summed E-state index contributed by atoms with van der Waals surface area (Å²) in [6.07, 6.45) is -1.50. The van der Waals surface area contributed by atoms with E-state index in [0.717, 1.165) is 24.3 Å². The minimum absolute atomic E-state index is 0.0200. The van der Waals surface area contributed by atoms with E-state index in [1.807, 2.05) is 5.32 Å². The van der Waals surface area contributed by atoms with Gasteiger partial charge in [-0.05, 0) is 44.2 Å². The topological polar surface area (TPSA) is 122 Å². The zero-order valence-electron chi connectivity index (χ0n) is 14.2. The summed E-state index contributed by atoms with van der Waals surface area (Å²) in [4.78, 5) is 35.6. The van der Waals surface area contributed by atoms with Gasteiger partial charge in [-0.25, -0.2) is 9.18 Å². The third-order valence-corrected chi connectivity index (χ3v) is 3.92. The Kier molecular flexibility index (Phi) is 4.18. The number of benzene rings is 2. The Labute approximate surface area is 152 Å². The van der Waals surface area contributed by atoms with E-state index < -0.39 is 34.0 Å². The molecule has 0 radical (unpaired) electrons. The molecule has 0 spiro atoms. The predicted molar refractivity (Wildman–Crippen MR) is 93.0 cm³/mol. The van der Waals surface area contributed by atoms with Crippen LogP contribution < -0.4 is 15.0 Å². The van der Waals surface area contributed by atoms with Gasteiger partial charge in [-0.2, -0.15) is 0 Å². The van der Waals surface area contributed by atoms with Crippen molar-refractivity contribution in [3.8, 4) is 5.75 Å². The summed E-state index contributed by atoms with van der Waals surface area (Å²) in [5.41, 5.74) is -1.80. The number of halogens is 1. The average Bonchev–Trinajstić information content (AvgIpc) is 2.56. The van der Waals surface area contributed by atoms with Gasteiger partial charge in [0.15, 0.2) is 11.4 Å². The van der Waals surface area contributed by atoms with Crippen LogP contribution in [0.4, 0.5) is 31.9 Å². The van der Waals surface area contributed by atoms with Crippen molar-refractivity contribution in [1.29, 1.82) is 0 Å². The molecule has 27 heavy (non-hydrogen) atoms. The van der Waals surface area contributed by atoms with Gasteiger partial charge in [-0.1, -0.05) is 0 Å². The fourth-order valence-electron chi connectivity index (χ4n) is 2.72. The zero-order chi connectivity index (χ0) is 19.9. The third-order valence-electron chi connectivity index (χ3n) is 3.92. The van der Waals surface area contributed by atoms with Crippen LogP contribution in [0.1, 0.15) is 13.8 Å². The minimum atomic E-state index is -1.50. The highest BCUT2D eigenvalue weighted by atomic mass is 19.1. The summed E-state index contributed by atoms with van der Waals surface area (Å²) in [6.45, 7) is 2.98. The molecule has 2 amide bonds. The molecule has 1 heterocycles. The van der Waals surface area contributed by atoms with Crippen molar-refractivity contribution in [2.75, 3.05) is 10.2 Å². The summed E-state index contributed by atoms with van der Waals surface area (Å²) in [6, 6.07) is 7.23. The summed E-state index contributed by atoms with van der Waals surface area (Å²) >= 11 is 0. The number of hydrogen-bond acceptors (Lipinski definition) is 5. The molecule has 0 aliphatic carbocycles. The summed E-state index contributed by atoms with van der Waals surface area (Å²) < 4.78 is 18.9. The number of hydrogen-bond donors (Lipinski definition) is 2. The fraction of sp³-hybridized carbons (Fsp3) is 0.176. The predicted octanol–water partition coefficient (Wildman–Crippen LogP) is 3.66. The van der Waals surface area contributed by atoms with Crippen LogP contribution in [-0.2, 0) is 4.79 Å². The van der Waals surface area contributed by atoms with Gasteiger partial charge in [-0.15, -0.1) is 0 Å². The first-order chi connectivity index (χ1) is 12.6. The molecule has 0 saturated heterocycles. The molecule has 2 aromatic rings. The number of carbonyl (C=O) groups excluding carboxylic acids is 1. The van der Waals surface area contributed by atoms with Gasteiger partial charge in [0.2, 0.25) is 0 Å². The molecule has 0 fully saturated rings. The highest BCUT2D eigenvalue weighted by molar-refractivity contribution is 6.09. The molecule has 0 saturated carbocycles. The van der Waals surface area contributed by atoms with Gasteiger partial charge in [0.1, 0.15) is 11.5 Å². The van der Waals surface area contributed by atoms with Crippen molar-refractivity contribution in [2.24, 2.45) is 0 Å². The normalized spacial score (nSPS) is 14.9. The Hall–Kier alpha value is -3.69. The Morgan fingerprint density at radius 2 is 1.93 bits per heavy atom. The molecule has 1 aliphatic heterocycles. The number of nitro benzene ring substituents is 1. The van der Waals surface area contributed by atoms with Crippen LogP contribution in [0.15, 0.2) is 36.4 Å². The first-order valence-corrected chi connectivity index (χ1v) is 7.71. The number of carbonyl (C=O) groups is 2. The number of amides is 2. The third kappa shape index (κ3) is 3.24. The second kappa shape index (κ2) is 6.24. The Morgan fingerprint density at radius 1 is 1.30 bits per heavy atom. The van der Waals surface area contributed by atoms with Crippen LogP contribution in [0.3, 0.4) is 0 Å². The second-order valence-electron chi connectivity index (χ2n) is 6.25. The molecule has 10 heteroatoms. The van der Waals surface area contributed by atoms with Gasteiger partial charge in [0.25, 0.3) is 11.6 Å². The van der Waals surface area contributed by atoms with Gasteiger partial charge >= 0.3 is 6.09 Å². The summed E-state index contributed by atoms with van der Waals surface area (Å²) in [5, 5.41) is 22.2. The lowest BCUT2D eigenvalue weighted by atomic mass is 10.0. The molecule has 0 unspecified atom stereocenters. The maximum atomic E-state index is 13.3. The van der Waals surface area contributed by atoms with Crippen molar-refractivity contribution in [3.63, 3.8) is 0 Å². The van der Waals surface area contributed by atoms with Crippen LogP contribution in [-0.4, -0.2) is 27.6 Å². The fourth-order valence-corrected chi connectivity index (χ4v) is 2.72. The molecule has 2 aromatic carbocycles. The van der Waals surface area contributed by atoms with E-state index in [9.17, 15) is 24.1 Å². The highest BCUT2D eigenvalue weighted by Crippen LogP contribution is 2.46. The lowest BCUT2D eigenvalue weighted by Gasteiger charge is -2.38. The molecule has 0 aromatic heterocycles. The van der Waals surface area contributed by atoms with Crippen molar-refractivity contribution in [3.05, 3.63) is 52.3 Å². The smallest absolute Gasteiger partial charge is 0.409 e. The average molecular weight is 375 g/mol. The number of anilines is 3. The highest BCUT2D eigenvalue weighted by Gasteiger charge is 2.43. The molecule has 2 N–H and O–H groups in total. The number of rotatable bonds is 3. The minimum Gasteiger partial charge on any atom is -0.476 e. The Bertz CT molecular complexity index is 958. The van der Waals surface area contributed by atoms with Gasteiger partial charge < -0.3 is 9.84 Å². The number of fused-ring (bicyclic) bond motifs is 1. The summed E-state index contributed by atoms with van der Waals surface area (Å²) in [7, 11) is 0. The number of nitro groups is 1. The second-order valence-corrected chi connectivity index (χ2v) is 6.25. The number of ether oxygens (including phenoxy) is 1. The molecule has 0 bridgehead atoms. The van der Waals surface area contributed by atoms with E-state index in [1.165, 1.54) is 30.9 Å². The van der Waals surface area contributed by atoms with E-state index in [0.29, 0.717) is 5.69 Å². The van der Waals surface area contributed by atoms with E-state index in [2.05, 4.69) is 0 Å². The standard InChI is InChI=1S/C17H14FN3O6/c1-17(2)15(22)20(10-5-3-9(18)4-6-10)13-7-11(19-16(23)24)12(21(25)26)8-14(13)27-17/h3-8,19H,1-2H3,(H,23,24). The Balaban J connectivity index is 2.25. The van der Waals surface area contributed by atoms with Crippen LogP contribution in [0.2, 0.25) is 0 Å². The van der Waals surface area contributed by atoms with Gasteiger partial charge in [0.05, 0.1) is 16.7 Å². The van der Waals surface area contributed by atoms with Crippen molar-refractivity contribution in [1.82, 2.24) is 0 Å². The quantitative estimate of drug-likeness (QED) is 0.624. The molecular weight excluding hydrogens is 361 g/mol. The molecule has 9 nitrogen and oxygen atoms in total. The molecule has 0 atom stereocenters. The van der Waals surface area contributed by atoms with Crippen molar-refractivity contribution < 1.29 is 28.7 Å². The van der Waals surface area contributed by atoms with Crippen LogP contribution in [0.5, 0.6) is 5.75 Å². The first-order valence-electron chi connectivity index (χ1n) is 7.71. The maximum absolute atomic E-state index is 13.3. The van der Waals surface area contributed by atoms with Crippen LogP contribution >= 0.6 is 0 Å². The number of nitrogens with one attached hydrogen (secondary N) is 1. The lowest BCUT2D eigenvalue weighted by molar-refractivity contribution is -0.384. The van der Waals surface area contributed by atoms with Crippen LogP contribution in [0.25, 0.3) is 0 Å². The Morgan fingerprint density at radius 3 is 2.48 bits per heavy atom. The molecular formula is C17H14FN3O6. The van der Waals surface area contributed by atoms with Gasteiger partial charge in [-0.3, -0.25) is 25.1 Å². The van der Waals surface area contributed by atoms with E-state index in [4.69, 9.17) is 9.84 Å². The molecule has 140 valence electrons. The largest absolute Gasteiger partial charge is 0.476 e. The van der Waals surface area contributed by atoms with Crippen molar-refractivity contribution >= 4 is 34.7 Å². The number of carboxylic acid groups (broad SMARTS) is 1. The van der Waals surface area contributed by atoms with E-state index in [-0.39, 0.29) is 17.1 Å². The lowest BCUT2D eigenvalue weighted by Crippen LogP contribution is -2.50. The van der Waals surface area contributed by atoms with Crippen molar-refractivity contribution in [2.45, 2.75) is 19.4 Å². The van der Waals surface area contributed by atoms with E-state index >= 15 is 0 Å². The van der Waals surface area contributed by atoms with Gasteiger partial charge in [0, 0.05) is 5.69 Å². The molecule has 3 rings (SSSR count). The summed E-state index contributed by atoms with van der Waals surface area (Å²) in [5.74, 6) is -0.987.